The van der Waals surface area contributed by atoms with Crippen molar-refractivity contribution in [2.24, 2.45) is 0 Å². The molecule has 3 rings (SSSR count). The fourth-order valence-corrected chi connectivity index (χ4v) is 3.42. The number of anilines is 1. The molecule has 1 aromatic carbocycles. The predicted molar refractivity (Wildman–Crippen MR) is 85.6 cm³/mol. The van der Waals surface area contributed by atoms with Gasteiger partial charge in [0.2, 0.25) is 0 Å². The fraction of sp³-hybridized carbons (Fsp3) is 0.250. The first-order valence-corrected chi connectivity index (χ1v) is 7.82. The monoisotopic (exact) mass is 333 g/mol. The van der Waals surface area contributed by atoms with E-state index in [0.717, 1.165) is 16.9 Å². The number of benzene rings is 1. The Labute approximate surface area is 136 Å². The summed E-state index contributed by atoms with van der Waals surface area (Å²) in [6.07, 6.45) is 0.802. The van der Waals surface area contributed by atoms with E-state index in [9.17, 15) is 14.7 Å². The maximum absolute atomic E-state index is 12.4. The summed E-state index contributed by atoms with van der Waals surface area (Å²) in [4.78, 5) is 25.4. The first-order valence-electron chi connectivity index (χ1n) is 7.00. The molecular formula is C16H15NO5S. The number of methoxy groups -OCH3 is 1. The Morgan fingerprint density at radius 1 is 1.35 bits per heavy atom. The zero-order chi connectivity index (χ0) is 16.4. The molecule has 2 heterocycles. The van der Waals surface area contributed by atoms with Crippen LogP contribution in [0.15, 0.2) is 24.3 Å². The van der Waals surface area contributed by atoms with Crippen molar-refractivity contribution < 1.29 is 24.2 Å². The molecule has 0 atom stereocenters. The van der Waals surface area contributed by atoms with Crippen molar-refractivity contribution in [3.05, 3.63) is 45.1 Å². The van der Waals surface area contributed by atoms with Gasteiger partial charge in [0.25, 0.3) is 5.91 Å². The summed E-state index contributed by atoms with van der Waals surface area (Å²) in [5, 5.41) is 11.9. The molecule has 0 saturated carbocycles. The summed E-state index contributed by atoms with van der Waals surface area (Å²) in [6.45, 7) is 1.18. The molecule has 1 aliphatic rings. The minimum absolute atomic E-state index is 0.0117. The number of thiophene rings is 1. The van der Waals surface area contributed by atoms with Gasteiger partial charge in [-0.1, -0.05) is 0 Å². The van der Waals surface area contributed by atoms with E-state index < -0.39 is 5.97 Å². The van der Waals surface area contributed by atoms with E-state index in [-0.39, 0.29) is 17.2 Å². The lowest BCUT2D eigenvalue weighted by Crippen LogP contribution is -2.13. The van der Waals surface area contributed by atoms with Crippen molar-refractivity contribution in [2.75, 3.05) is 19.0 Å². The maximum atomic E-state index is 12.4. The van der Waals surface area contributed by atoms with E-state index in [1.165, 1.54) is 30.6 Å². The molecule has 23 heavy (non-hydrogen) atoms. The van der Waals surface area contributed by atoms with Crippen molar-refractivity contribution in [3.63, 3.8) is 0 Å². The number of rotatable bonds is 4. The van der Waals surface area contributed by atoms with E-state index in [1.807, 2.05) is 0 Å². The van der Waals surface area contributed by atoms with Crippen LogP contribution in [-0.4, -0.2) is 30.7 Å². The van der Waals surface area contributed by atoms with Gasteiger partial charge in [0.1, 0.15) is 5.75 Å². The summed E-state index contributed by atoms with van der Waals surface area (Å²) < 4.78 is 10.4. The van der Waals surface area contributed by atoms with Crippen LogP contribution in [0.2, 0.25) is 0 Å². The summed E-state index contributed by atoms with van der Waals surface area (Å²) in [5.41, 5.74) is 1.26. The number of carboxylic acids is 1. The molecule has 1 aliphatic heterocycles. The van der Waals surface area contributed by atoms with Crippen LogP contribution in [0.1, 0.15) is 30.5 Å². The van der Waals surface area contributed by atoms with Crippen molar-refractivity contribution in [3.8, 4) is 5.75 Å². The number of hydrogen-bond donors (Lipinski definition) is 2. The molecule has 1 amide bonds. The number of carbonyl (C=O) groups is 2. The second-order valence-corrected chi connectivity index (χ2v) is 6.17. The predicted octanol–water partition coefficient (Wildman–Crippen LogP) is 2.78. The Hall–Kier alpha value is -2.38. The van der Waals surface area contributed by atoms with Gasteiger partial charge in [-0.15, -0.1) is 11.3 Å². The quantitative estimate of drug-likeness (QED) is 0.899. The minimum atomic E-state index is -1.13. The Bertz CT molecular complexity index is 744. The molecule has 1 aromatic heterocycles. The number of carboxylic acid groups (broad SMARTS) is 1. The van der Waals surface area contributed by atoms with Gasteiger partial charge in [0.05, 0.1) is 36.5 Å². The van der Waals surface area contributed by atoms with Gasteiger partial charge < -0.3 is 19.9 Å². The highest BCUT2D eigenvalue weighted by molar-refractivity contribution is 7.14. The molecule has 2 aromatic rings. The van der Waals surface area contributed by atoms with Crippen LogP contribution < -0.4 is 10.1 Å². The van der Waals surface area contributed by atoms with Gasteiger partial charge in [-0.25, -0.2) is 4.79 Å². The lowest BCUT2D eigenvalue weighted by molar-refractivity contribution is 0.0697. The maximum Gasteiger partial charge on any atom is 0.337 e. The van der Waals surface area contributed by atoms with Gasteiger partial charge in [-0.3, -0.25) is 4.79 Å². The third kappa shape index (κ3) is 3.20. The van der Waals surface area contributed by atoms with Gasteiger partial charge in [-0.05, 0) is 29.8 Å². The number of carbonyl (C=O) groups excluding carboxylic acids is 1. The second-order valence-electron chi connectivity index (χ2n) is 5.03. The van der Waals surface area contributed by atoms with E-state index >= 15 is 0 Å². The summed E-state index contributed by atoms with van der Waals surface area (Å²) in [7, 11) is 1.46. The Morgan fingerprint density at radius 3 is 2.87 bits per heavy atom. The first kappa shape index (κ1) is 15.5. The van der Waals surface area contributed by atoms with Gasteiger partial charge in [0.15, 0.2) is 0 Å². The van der Waals surface area contributed by atoms with Crippen molar-refractivity contribution in [2.45, 2.75) is 13.0 Å². The van der Waals surface area contributed by atoms with Gasteiger partial charge in [-0.2, -0.15) is 0 Å². The topological polar surface area (TPSA) is 84.9 Å². The van der Waals surface area contributed by atoms with Crippen LogP contribution in [0, 0.1) is 0 Å². The molecule has 0 aliphatic carbocycles. The molecule has 7 heteroatoms. The summed E-state index contributed by atoms with van der Waals surface area (Å²) in [5.74, 6) is -1.03. The molecule has 6 nitrogen and oxygen atoms in total. The first-order chi connectivity index (χ1) is 11.1. The number of hydrogen-bond acceptors (Lipinski definition) is 5. The third-order valence-corrected chi connectivity index (χ3v) is 4.79. The van der Waals surface area contributed by atoms with Crippen LogP contribution >= 0.6 is 11.3 Å². The normalized spacial score (nSPS) is 13.3. The molecule has 0 bridgehead atoms. The minimum Gasteiger partial charge on any atom is -0.497 e. The van der Waals surface area contributed by atoms with E-state index in [1.54, 1.807) is 12.1 Å². The summed E-state index contributed by atoms with van der Waals surface area (Å²) in [6, 6.07) is 6.32. The Kier molecular flexibility index (Phi) is 4.31. The molecule has 120 valence electrons. The average Bonchev–Trinajstić information content (AvgIpc) is 2.99. The molecular weight excluding hydrogens is 318 g/mol. The number of aromatic carboxylic acids is 1. The Balaban J connectivity index is 1.85. The van der Waals surface area contributed by atoms with E-state index in [0.29, 0.717) is 23.8 Å². The fourth-order valence-electron chi connectivity index (χ4n) is 2.38. The lowest BCUT2D eigenvalue weighted by atomic mass is 10.1. The molecule has 0 spiro atoms. The number of fused-ring (bicyclic) bond motifs is 1. The highest BCUT2D eigenvalue weighted by Gasteiger charge is 2.19. The van der Waals surface area contributed by atoms with Crippen LogP contribution in [0.3, 0.4) is 0 Å². The smallest absolute Gasteiger partial charge is 0.337 e. The molecule has 0 radical (unpaired) electrons. The molecule has 2 N–H and O–H groups in total. The number of ether oxygens (including phenoxy) is 2. The lowest BCUT2D eigenvalue weighted by Gasteiger charge is -2.10. The molecule has 0 saturated heterocycles. The van der Waals surface area contributed by atoms with Crippen molar-refractivity contribution in [1.82, 2.24) is 0 Å². The van der Waals surface area contributed by atoms with Crippen LogP contribution in [0.4, 0.5) is 5.69 Å². The standard InChI is InChI=1S/C16H15NO5S/c1-21-10-2-3-12(11(7-10)16(19)20)17-15(18)14-6-9-8-22-5-4-13(9)23-14/h2-3,6-7H,4-5,8H2,1H3,(H,17,18)(H,19,20). The third-order valence-electron chi connectivity index (χ3n) is 3.56. The molecule has 0 fully saturated rings. The van der Waals surface area contributed by atoms with Crippen molar-refractivity contribution >= 4 is 28.9 Å². The van der Waals surface area contributed by atoms with Gasteiger partial charge in [0, 0.05) is 11.3 Å². The summed E-state index contributed by atoms with van der Waals surface area (Å²) >= 11 is 1.42. The highest BCUT2D eigenvalue weighted by Crippen LogP contribution is 2.28. The highest BCUT2D eigenvalue weighted by atomic mass is 32.1. The number of amides is 1. The number of nitrogens with one attached hydrogen (secondary N) is 1. The SMILES string of the molecule is COc1ccc(NC(=O)c2cc3c(s2)CCOC3)c(C(=O)O)c1. The average molecular weight is 333 g/mol. The van der Waals surface area contributed by atoms with Crippen LogP contribution in [0.25, 0.3) is 0 Å². The van der Waals surface area contributed by atoms with Gasteiger partial charge >= 0.3 is 5.97 Å². The zero-order valence-electron chi connectivity index (χ0n) is 12.4. The van der Waals surface area contributed by atoms with Crippen LogP contribution in [0.5, 0.6) is 5.75 Å². The largest absolute Gasteiger partial charge is 0.497 e. The van der Waals surface area contributed by atoms with Crippen molar-refractivity contribution in [1.29, 1.82) is 0 Å². The van der Waals surface area contributed by atoms with Crippen LogP contribution in [-0.2, 0) is 17.8 Å². The van der Waals surface area contributed by atoms with E-state index in [2.05, 4.69) is 5.32 Å². The second kappa shape index (κ2) is 6.39. The Morgan fingerprint density at radius 2 is 2.17 bits per heavy atom. The zero-order valence-corrected chi connectivity index (χ0v) is 13.2. The van der Waals surface area contributed by atoms with E-state index in [4.69, 9.17) is 9.47 Å². The molecule has 0 unspecified atom stereocenters.